The lowest BCUT2D eigenvalue weighted by atomic mass is 9.97. The van der Waals surface area contributed by atoms with Gasteiger partial charge in [-0.2, -0.15) is 0 Å². The normalized spacial score (nSPS) is 13.3. The zero-order valence-electron chi connectivity index (χ0n) is 10.3. The number of likely N-dealkylation sites (N-methyl/N-ethyl adjacent to an activating group) is 1. The van der Waals surface area contributed by atoms with Gasteiger partial charge in [0.2, 0.25) is 0 Å². The Morgan fingerprint density at radius 1 is 1.07 bits per heavy atom. The van der Waals surface area contributed by atoms with Gasteiger partial charge >= 0.3 is 0 Å². The van der Waals surface area contributed by atoms with Crippen LogP contribution >= 0.6 is 0 Å². The third-order valence-electron chi connectivity index (χ3n) is 2.78. The van der Waals surface area contributed by atoms with Crippen molar-refractivity contribution in [3.05, 3.63) is 34.4 Å². The Bertz CT molecular complexity index is 345. The van der Waals surface area contributed by atoms with E-state index in [1.165, 1.54) is 16.7 Å². The van der Waals surface area contributed by atoms with E-state index in [-0.39, 0.29) is 6.10 Å². The van der Waals surface area contributed by atoms with Gasteiger partial charge in [-0.3, -0.25) is 0 Å². The van der Waals surface area contributed by atoms with Crippen LogP contribution in [0.15, 0.2) is 12.1 Å². The fraction of sp³-hybridized carbons (Fsp3) is 0.538. The molecule has 0 bridgehead atoms. The second-order valence-electron chi connectivity index (χ2n) is 4.57. The molecule has 0 spiro atoms. The molecule has 15 heavy (non-hydrogen) atoms. The average Bonchev–Trinajstić information content (AvgIpc) is 2.09. The smallest absolute Gasteiger partial charge is 0.0919 e. The molecule has 0 amide bonds. The molecule has 1 aromatic carbocycles. The van der Waals surface area contributed by atoms with Crippen molar-refractivity contribution in [3.63, 3.8) is 0 Å². The van der Waals surface area contributed by atoms with E-state index in [0.29, 0.717) is 6.54 Å². The van der Waals surface area contributed by atoms with E-state index < -0.39 is 0 Å². The summed E-state index contributed by atoms with van der Waals surface area (Å²) in [5.74, 6) is 0. The highest BCUT2D eigenvalue weighted by Crippen LogP contribution is 2.22. The number of aliphatic hydroxyl groups excluding tert-OH is 1. The lowest BCUT2D eigenvalue weighted by molar-refractivity contribution is 0.138. The van der Waals surface area contributed by atoms with Crippen molar-refractivity contribution >= 4 is 0 Å². The minimum atomic E-state index is -0.390. The number of benzene rings is 1. The number of aliphatic hydroxyl groups is 1. The van der Waals surface area contributed by atoms with Crippen molar-refractivity contribution in [3.8, 4) is 0 Å². The van der Waals surface area contributed by atoms with Gasteiger partial charge in [0.25, 0.3) is 0 Å². The number of nitrogens with zero attached hydrogens (tertiary/aromatic N) is 1. The van der Waals surface area contributed by atoms with Crippen LogP contribution < -0.4 is 0 Å². The van der Waals surface area contributed by atoms with Crippen molar-refractivity contribution < 1.29 is 5.11 Å². The first-order valence-corrected chi connectivity index (χ1v) is 5.32. The van der Waals surface area contributed by atoms with Crippen LogP contribution in [-0.2, 0) is 0 Å². The summed E-state index contributed by atoms with van der Waals surface area (Å²) in [5, 5.41) is 10.0. The quantitative estimate of drug-likeness (QED) is 0.821. The first-order valence-electron chi connectivity index (χ1n) is 5.32. The zero-order valence-corrected chi connectivity index (χ0v) is 10.3. The summed E-state index contributed by atoms with van der Waals surface area (Å²) < 4.78 is 0. The molecule has 0 fully saturated rings. The molecule has 1 atom stereocenters. The number of hydrogen-bond donors (Lipinski definition) is 1. The third kappa shape index (κ3) is 3.05. The Hall–Kier alpha value is -0.860. The van der Waals surface area contributed by atoms with Crippen LogP contribution in [0.5, 0.6) is 0 Å². The molecular formula is C13H21NO. The van der Waals surface area contributed by atoms with Gasteiger partial charge in [0.1, 0.15) is 0 Å². The van der Waals surface area contributed by atoms with Crippen LogP contribution in [0.1, 0.15) is 28.4 Å². The summed E-state index contributed by atoms with van der Waals surface area (Å²) >= 11 is 0. The van der Waals surface area contributed by atoms with E-state index in [9.17, 15) is 5.11 Å². The Morgan fingerprint density at radius 3 is 2.13 bits per heavy atom. The van der Waals surface area contributed by atoms with Gasteiger partial charge in [-0.1, -0.05) is 12.1 Å². The highest BCUT2D eigenvalue weighted by atomic mass is 16.3. The summed E-state index contributed by atoms with van der Waals surface area (Å²) in [7, 11) is 3.94. The molecule has 0 aliphatic rings. The first kappa shape index (κ1) is 12.2. The summed E-state index contributed by atoms with van der Waals surface area (Å²) in [4.78, 5) is 2.00. The summed E-state index contributed by atoms with van der Waals surface area (Å²) in [6.07, 6.45) is -0.390. The van der Waals surface area contributed by atoms with Gasteiger partial charge in [-0.15, -0.1) is 0 Å². The molecule has 0 saturated heterocycles. The number of hydrogen-bond acceptors (Lipinski definition) is 2. The highest BCUT2D eigenvalue weighted by molar-refractivity contribution is 5.37. The van der Waals surface area contributed by atoms with E-state index in [0.717, 1.165) is 5.56 Å². The lowest BCUT2D eigenvalue weighted by Crippen LogP contribution is -2.20. The van der Waals surface area contributed by atoms with Gasteiger partial charge < -0.3 is 10.0 Å². The minimum absolute atomic E-state index is 0.390. The highest BCUT2D eigenvalue weighted by Gasteiger charge is 2.12. The van der Waals surface area contributed by atoms with E-state index in [1.54, 1.807) is 0 Å². The second kappa shape index (κ2) is 4.77. The van der Waals surface area contributed by atoms with Gasteiger partial charge in [0.05, 0.1) is 6.10 Å². The summed E-state index contributed by atoms with van der Waals surface area (Å²) in [6, 6.07) is 4.24. The number of aryl methyl sites for hydroxylation is 3. The molecule has 0 aliphatic heterocycles. The first-order chi connectivity index (χ1) is 6.91. The average molecular weight is 207 g/mol. The van der Waals surface area contributed by atoms with Crippen LogP contribution in [0.25, 0.3) is 0 Å². The molecule has 0 heterocycles. The molecule has 0 radical (unpaired) electrons. The van der Waals surface area contributed by atoms with Crippen LogP contribution in [0.4, 0.5) is 0 Å². The zero-order chi connectivity index (χ0) is 11.6. The van der Waals surface area contributed by atoms with Crippen molar-refractivity contribution in [2.45, 2.75) is 26.9 Å². The van der Waals surface area contributed by atoms with Gasteiger partial charge in [0, 0.05) is 6.54 Å². The Labute approximate surface area is 92.5 Å². The van der Waals surface area contributed by atoms with Crippen LogP contribution in [0.3, 0.4) is 0 Å². The maximum absolute atomic E-state index is 10.0. The molecule has 2 nitrogen and oxygen atoms in total. The van der Waals surface area contributed by atoms with E-state index in [2.05, 4.69) is 32.9 Å². The van der Waals surface area contributed by atoms with Gasteiger partial charge in [-0.25, -0.2) is 0 Å². The van der Waals surface area contributed by atoms with E-state index in [4.69, 9.17) is 0 Å². The molecule has 2 heteroatoms. The largest absolute Gasteiger partial charge is 0.387 e. The predicted octanol–water partition coefficient (Wildman–Crippen LogP) is 2.21. The van der Waals surface area contributed by atoms with Gasteiger partial charge in [0.15, 0.2) is 0 Å². The molecule has 0 saturated carbocycles. The van der Waals surface area contributed by atoms with Crippen molar-refractivity contribution in [2.75, 3.05) is 20.6 Å². The van der Waals surface area contributed by atoms with Crippen LogP contribution in [0, 0.1) is 20.8 Å². The summed E-state index contributed by atoms with van der Waals surface area (Å²) in [5.41, 5.74) is 4.75. The Kier molecular flexibility index (Phi) is 3.89. The standard InChI is InChI=1S/C13H21NO/c1-9-6-11(3)12(7-10(9)2)13(15)8-14(4)5/h6-7,13,15H,8H2,1-5H3. The molecule has 1 unspecified atom stereocenters. The van der Waals surface area contributed by atoms with Crippen molar-refractivity contribution in [1.82, 2.24) is 4.90 Å². The number of rotatable bonds is 3. The molecule has 1 aromatic rings. The molecule has 0 aliphatic carbocycles. The van der Waals surface area contributed by atoms with E-state index in [1.807, 2.05) is 19.0 Å². The maximum atomic E-state index is 10.0. The minimum Gasteiger partial charge on any atom is -0.387 e. The molecular weight excluding hydrogens is 186 g/mol. The fourth-order valence-electron chi connectivity index (χ4n) is 1.79. The Morgan fingerprint density at radius 2 is 1.60 bits per heavy atom. The Balaban J connectivity index is 2.98. The second-order valence-corrected chi connectivity index (χ2v) is 4.57. The lowest BCUT2D eigenvalue weighted by Gasteiger charge is -2.19. The topological polar surface area (TPSA) is 23.5 Å². The maximum Gasteiger partial charge on any atom is 0.0919 e. The summed E-state index contributed by atoms with van der Waals surface area (Å²) in [6.45, 7) is 6.91. The molecule has 0 aromatic heterocycles. The predicted molar refractivity (Wildman–Crippen MR) is 64.2 cm³/mol. The van der Waals surface area contributed by atoms with Crippen molar-refractivity contribution in [2.24, 2.45) is 0 Å². The molecule has 1 rings (SSSR count). The third-order valence-corrected chi connectivity index (χ3v) is 2.78. The molecule has 84 valence electrons. The van der Waals surface area contributed by atoms with E-state index >= 15 is 0 Å². The molecule has 1 N–H and O–H groups in total. The van der Waals surface area contributed by atoms with Crippen molar-refractivity contribution in [1.29, 1.82) is 0 Å². The fourth-order valence-corrected chi connectivity index (χ4v) is 1.79. The van der Waals surface area contributed by atoms with Gasteiger partial charge in [-0.05, 0) is 57.1 Å². The van der Waals surface area contributed by atoms with Crippen LogP contribution in [0.2, 0.25) is 0 Å². The van der Waals surface area contributed by atoms with Crippen LogP contribution in [-0.4, -0.2) is 30.6 Å². The monoisotopic (exact) mass is 207 g/mol. The SMILES string of the molecule is Cc1cc(C)c(C(O)CN(C)C)cc1C.